The van der Waals surface area contributed by atoms with Gasteiger partial charge in [-0.2, -0.15) is 0 Å². The summed E-state index contributed by atoms with van der Waals surface area (Å²) in [5.74, 6) is 1.06. The molecule has 0 bridgehead atoms. The van der Waals surface area contributed by atoms with Crippen LogP contribution in [-0.4, -0.2) is 45.2 Å². The van der Waals surface area contributed by atoms with Gasteiger partial charge in [-0.1, -0.05) is 23.7 Å². The largest absolute Gasteiger partial charge is 0.336 e. The van der Waals surface area contributed by atoms with Gasteiger partial charge < -0.3 is 10.6 Å². The van der Waals surface area contributed by atoms with Crippen molar-refractivity contribution in [1.29, 1.82) is 0 Å². The van der Waals surface area contributed by atoms with Gasteiger partial charge in [-0.05, 0) is 37.9 Å². The number of aromatic nitrogens is 3. The topological polar surface area (TPSA) is 77.0 Å². The highest BCUT2D eigenvalue weighted by Crippen LogP contribution is 2.21. The summed E-state index contributed by atoms with van der Waals surface area (Å²) in [6.45, 7) is 3.79. The second kappa shape index (κ2) is 7.29. The highest BCUT2D eigenvalue weighted by molar-refractivity contribution is 6.32. The third kappa shape index (κ3) is 3.49. The Balaban J connectivity index is 0.00000192. The number of nitrogens with two attached hydrogens (primary N) is 1. The van der Waals surface area contributed by atoms with Gasteiger partial charge >= 0.3 is 0 Å². The fraction of sp³-hybridized carbons (Fsp3) is 0.400. The number of halogens is 2. The van der Waals surface area contributed by atoms with Crippen LogP contribution in [0.3, 0.4) is 0 Å². The molecule has 124 valence electrons. The summed E-state index contributed by atoms with van der Waals surface area (Å²) in [6.07, 6.45) is 0.937. The first-order valence-electron chi connectivity index (χ1n) is 7.28. The van der Waals surface area contributed by atoms with Gasteiger partial charge in [0, 0.05) is 13.1 Å². The molecule has 1 aromatic heterocycles. The summed E-state index contributed by atoms with van der Waals surface area (Å²) >= 11 is 6.19. The van der Waals surface area contributed by atoms with E-state index in [4.69, 9.17) is 17.3 Å². The summed E-state index contributed by atoms with van der Waals surface area (Å²) in [7, 11) is 0. The smallest absolute Gasteiger partial charge is 0.293 e. The molecule has 1 atom stereocenters. The van der Waals surface area contributed by atoms with E-state index in [2.05, 4.69) is 10.1 Å². The lowest BCUT2D eigenvalue weighted by Gasteiger charge is -2.13. The zero-order valence-corrected chi connectivity index (χ0v) is 14.3. The molecule has 1 fully saturated rings. The molecule has 3 rings (SSSR count). The van der Waals surface area contributed by atoms with Crippen LogP contribution in [-0.2, 0) is 0 Å². The first-order valence-corrected chi connectivity index (χ1v) is 7.66. The van der Waals surface area contributed by atoms with Crippen molar-refractivity contribution < 1.29 is 4.79 Å². The lowest BCUT2D eigenvalue weighted by molar-refractivity contribution is 0.0775. The number of hydrogen-bond donors (Lipinski definition) is 1. The Morgan fingerprint density at radius 3 is 2.83 bits per heavy atom. The second-order valence-corrected chi connectivity index (χ2v) is 5.89. The molecule has 0 radical (unpaired) electrons. The van der Waals surface area contributed by atoms with Crippen molar-refractivity contribution in [2.75, 3.05) is 19.6 Å². The lowest BCUT2D eigenvalue weighted by atomic mass is 10.1. The molecule has 23 heavy (non-hydrogen) atoms. The summed E-state index contributed by atoms with van der Waals surface area (Å²) in [5.41, 5.74) is 6.38. The van der Waals surface area contributed by atoms with Crippen molar-refractivity contribution >= 4 is 29.9 Å². The molecule has 0 aliphatic carbocycles. The molecule has 2 heterocycles. The van der Waals surface area contributed by atoms with Gasteiger partial charge in [0.25, 0.3) is 5.91 Å². The number of hydrogen-bond acceptors (Lipinski definition) is 4. The molecule has 1 aromatic carbocycles. The van der Waals surface area contributed by atoms with E-state index in [0.29, 0.717) is 36.4 Å². The van der Waals surface area contributed by atoms with Gasteiger partial charge in [0.2, 0.25) is 5.82 Å². The van der Waals surface area contributed by atoms with Crippen molar-refractivity contribution in [3.8, 4) is 5.69 Å². The van der Waals surface area contributed by atoms with Crippen LogP contribution in [0.1, 0.15) is 22.9 Å². The molecule has 6 nitrogen and oxygen atoms in total. The van der Waals surface area contributed by atoms with Crippen LogP contribution >= 0.6 is 24.0 Å². The fourth-order valence-electron chi connectivity index (χ4n) is 2.68. The summed E-state index contributed by atoms with van der Waals surface area (Å²) in [5, 5.41) is 4.90. The molecule has 8 heteroatoms. The van der Waals surface area contributed by atoms with E-state index in [0.717, 1.165) is 12.1 Å². The first kappa shape index (κ1) is 17.7. The van der Waals surface area contributed by atoms with Crippen molar-refractivity contribution in [3.05, 3.63) is 40.9 Å². The minimum absolute atomic E-state index is 0. The second-order valence-electron chi connectivity index (χ2n) is 5.49. The van der Waals surface area contributed by atoms with E-state index in [9.17, 15) is 4.79 Å². The average Bonchev–Trinajstić information content (AvgIpc) is 3.14. The Labute approximate surface area is 146 Å². The van der Waals surface area contributed by atoms with Crippen molar-refractivity contribution in [2.45, 2.75) is 13.3 Å². The first-order chi connectivity index (χ1) is 10.6. The van der Waals surface area contributed by atoms with Crippen LogP contribution in [0.15, 0.2) is 24.3 Å². The normalized spacial score (nSPS) is 17.2. The van der Waals surface area contributed by atoms with Crippen molar-refractivity contribution in [2.24, 2.45) is 11.7 Å². The van der Waals surface area contributed by atoms with Gasteiger partial charge in [-0.3, -0.25) is 4.79 Å². The van der Waals surface area contributed by atoms with Crippen LogP contribution in [0.4, 0.5) is 0 Å². The zero-order chi connectivity index (χ0) is 15.7. The Kier molecular flexibility index (Phi) is 5.62. The maximum absolute atomic E-state index is 12.5. The molecule has 0 saturated carbocycles. The predicted octanol–water partition coefficient (Wildman–Crippen LogP) is 2.07. The number of amides is 1. The Morgan fingerprint density at radius 2 is 2.17 bits per heavy atom. The highest BCUT2D eigenvalue weighted by atomic mass is 35.5. The molecule has 1 aliphatic rings. The number of benzene rings is 1. The van der Waals surface area contributed by atoms with Crippen LogP contribution < -0.4 is 5.73 Å². The average molecular weight is 356 g/mol. The highest BCUT2D eigenvalue weighted by Gasteiger charge is 2.28. The minimum atomic E-state index is -0.148. The number of carbonyl (C=O) groups is 1. The fourth-order valence-corrected chi connectivity index (χ4v) is 2.90. The van der Waals surface area contributed by atoms with E-state index in [-0.39, 0.29) is 24.1 Å². The molecule has 0 spiro atoms. The van der Waals surface area contributed by atoms with Crippen LogP contribution in [0.25, 0.3) is 5.69 Å². The number of rotatable bonds is 3. The van der Waals surface area contributed by atoms with E-state index in [1.165, 1.54) is 0 Å². The zero-order valence-electron chi connectivity index (χ0n) is 12.8. The van der Waals surface area contributed by atoms with Gasteiger partial charge in [0.15, 0.2) is 0 Å². The van der Waals surface area contributed by atoms with Gasteiger partial charge in [-0.15, -0.1) is 17.5 Å². The monoisotopic (exact) mass is 355 g/mol. The summed E-state index contributed by atoms with van der Waals surface area (Å²) < 4.78 is 1.60. The standard InChI is InChI=1S/C15H18ClN5O.ClH/c1-10-18-14(15(22)20-7-6-11(8-17)9-20)19-21(10)13-5-3-2-4-12(13)16;/h2-5,11H,6-9,17H2,1H3;1H. The Bertz CT molecular complexity index is 703. The number of carbonyl (C=O) groups excluding carboxylic acids is 1. The maximum atomic E-state index is 12.5. The van der Waals surface area contributed by atoms with Crippen molar-refractivity contribution in [1.82, 2.24) is 19.7 Å². The SMILES string of the molecule is Cc1nc(C(=O)N2CCC(CN)C2)nn1-c1ccccc1Cl.Cl. The third-order valence-corrected chi connectivity index (χ3v) is 4.27. The summed E-state index contributed by atoms with van der Waals surface area (Å²) in [4.78, 5) is 18.6. The molecular formula is C15H19Cl2N5O. The third-order valence-electron chi connectivity index (χ3n) is 3.95. The van der Waals surface area contributed by atoms with E-state index >= 15 is 0 Å². The number of para-hydroxylation sites is 1. The molecule has 1 amide bonds. The van der Waals surface area contributed by atoms with Gasteiger partial charge in [0.05, 0.1) is 10.7 Å². The molecule has 1 saturated heterocycles. The minimum Gasteiger partial charge on any atom is -0.336 e. The summed E-state index contributed by atoms with van der Waals surface area (Å²) in [6, 6.07) is 7.35. The number of aryl methyl sites for hydroxylation is 1. The van der Waals surface area contributed by atoms with Gasteiger partial charge in [-0.25, -0.2) is 9.67 Å². The lowest BCUT2D eigenvalue weighted by Crippen LogP contribution is -2.30. The predicted molar refractivity (Wildman–Crippen MR) is 91.4 cm³/mol. The van der Waals surface area contributed by atoms with E-state index < -0.39 is 0 Å². The molecule has 2 N–H and O–H groups in total. The van der Waals surface area contributed by atoms with Crippen LogP contribution in [0.5, 0.6) is 0 Å². The van der Waals surface area contributed by atoms with Gasteiger partial charge in [0.1, 0.15) is 5.82 Å². The Hall–Kier alpha value is -1.63. The number of nitrogens with zero attached hydrogens (tertiary/aromatic N) is 4. The molecule has 1 aliphatic heterocycles. The molecule has 2 aromatic rings. The molecule has 1 unspecified atom stereocenters. The quantitative estimate of drug-likeness (QED) is 0.913. The molecular weight excluding hydrogens is 337 g/mol. The Morgan fingerprint density at radius 1 is 1.43 bits per heavy atom. The van der Waals surface area contributed by atoms with E-state index in [1.54, 1.807) is 22.6 Å². The number of likely N-dealkylation sites (tertiary alicyclic amines) is 1. The maximum Gasteiger partial charge on any atom is 0.293 e. The van der Waals surface area contributed by atoms with Crippen LogP contribution in [0.2, 0.25) is 5.02 Å². The van der Waals surface area contributed by atoms with E-state index in [1.807, 2.05) is 18.2 Å². The van der Waals surface area contributed by atoms with Crippen molar-refractivity contribution in [3.63, 3.8) is 0 Å². The van der Waals surface area contributed by atoms with Crippen LogP contribution in [0, 0.1) is 12.8 Å².